The first-order valence-electron chi connectivity index (χ1n) is 10.8. The molecule has 0 aliphatic carbocycles. The number of alkyl halides is 9. The van der Waals surface area contributed by atoms with Crippen LogP contribution in [0.2, 0.25) is 0 Å². The van der Waals surface area contributed by atoms with Gasteiger partial charge in [0, 0.05) is 18.0 Å². The normalized spacial score (nSPS) is 11.6. The van der Waals surface area contributed by atoms with Crippen molar-refractivity contribution in [3.63, 3.8) is 0 Å². The van der Waals surface area contributed by atoms with Gasteiger partial charge in [-0.3, -0.25) is 4.98 Å². The van der Waals surface area contributed by atoms with E-state index in [2.05, 4.69) is 19.9 Å². The summed E-state index contributed by atoms with van der Waals surface area (Å²) in [6.45, 7) is 0. The summed E-state index contributed by atoms with van der Waals surface area (Å²) in [7, 11) is 0. The van der Waals surface area contributed by atoms with E-state index >= 15 is 0 Å². The van der Waals surface area contributed by atoms with Gasteiger partial charge in [-0.15, -0.1) is 0 Å². The molecule has 0 aliphatic heterocycles. The van der Waals surface area contributed by atoms with Crippen LogP contribution in [-0.2, 0) is 15.8 Å². The Kier molecular flexibility index (Phi) is 10.1. The molecule has 0 saturated carbocycles. The molecular formula is C24H16F9N5O5. The molecule has 0 amide bonds. The monoisotopic (exact) mass is 625 g/mol. The molecule has 2 aromatic carbocycles. The molecule has 19 heteroatoms. The summed E-state index contributed by atoms with van der Waals surface area (Å²) in [6, 6.07) is 13.6. The van der Waals surface area contributed by atoms with E-state index in [1.807, 2.05) is 24.3 Å². The van der Waals surface area contributed by atoms with E-state index in [1.165, 1.54) is 6.20 Å². The average Bonchev–Trinajstić information content (AvgIpc) is 3.52. The van der Waals surface area contributed by atoms with Crippen molar-refractivity contribution in [2.24, 2.45) is 0 Å². The van der Waals surface area contributed by atoms with Crippen LogP contribution in [0.4, 0.5) is 39.5 Å². The fourth-order valence-corrected chi connectivity index (χ4v) is 3.01. The number of hydrogen-bond donors (Lipinski definition) is 4. The third-order valence-electron chi connectivity index (χ3n) is 4.86. The number of carboxylic acid groups (broad SMARTS) is 2. The summed E-state index contributed by atoms with van der Waals surface area (Å²) < 4.78 is 108. The van der Waals surface area contributed by atoms with Crippen LogP contribution in [0, 0.1) is 0 Å². The number of H-pyrrole nitrogens is 1. The number of oxazole rings is 1. The van der Waals surface area contributed by atoms with Crippen LogP contribution in [0.25, 0.3) is 45.0 Å². The van der Waals surface area contributed by atoms with Gasteiger partial charge in [0.25, 0.3) is 5.89 Å². The molecule has 230 valence electrons. The number of nitrogens with one attached hydrogen (secondary N) is 1. The van der Waals surface area contributed by atoms with Crippen molar-refractivity contribution in [1.29, 1.82) is 0 Å². The number of carboxylic acids is 2. The third-order valence-corrected chi connectivity index (χ3v) is 4.86. The fraction of sp³-hybridized carbons (Fsp3) is 0.125. The van der Waals surface area contributed by atoms with Crippen LogP contribution in [0.5, 0.6) is 0 Å². The fourth-order valence-electron chi connectivity index (χ4n) is 3.01. The van der Waals surface area contributed by atoms with Gasteiger partial charge in [-0.25, -0.2) is 19.6 Å². The predicted octanol–water partition coefficient (Wildman–Crippen LogP) is 6.88. The van der Waals surface area contributed by atoms with Crippen LogP contribution in [0.15, 0.2) is 65.3 Å². The van der Waals surface area contributed by atoms with Crippen LogP contribution in [0.1, 0.15) is 5.56 Å². The Labute approximate surface area is 232 Å². The Morgan fingerprint density at radius 3 is 1.86 bits per heavy atom. The van der Waals surface area contributed by atoms with Crippen molar-refractivity contribution in [2.45, 2.75) is 18.5 Å². The minimum atomic E-state index is -5.08. The summed E-state index contributed by atoms with van der Waals surface area (Å²) in [6.07, 6.45) is -12.4. The summed E-state index contributed by atoms with van der Waals surface area (Å²) in [5.41, 5.74) is 2.78. The Balaban J connectivity index is 0.000000362. The topological polar surface area (TPSA) is 177 Å². The highest BCUT2D eigenvalue weighted by atomic mass is 19.4. The molecule has 10 nitrogen and oxygen atoms in total. The van der Waals surface area contributed by atoms with Gasteiger partial charge < -0.3 is 25.8 Å². The second-order valence-electron chi connectivity index (χ2n) is 7.87. The minimum Gasteiger partial charge on any atom is -0.475 e. The van der Waals surface area contributed by atoms with Crippen molar-refractivity contribution >= 4 is 34.1 Å². The number of nitrogens with zero attached hydrogens (tertiary/aromatic N) is 3. The largest absolute Gasteiger partial charge is 0.490 e. The Morgan fingerprint density at radius 2 is 1.33 bits per heavy atom. The number of pyridine rings is 1. The molecule has 5 rings (SSSR count). The maximum absolute atomic E-state index is 12.9. The first kappa shape index (κ1) is 34.0. The molecular weight excluding hydrogens is 609 g/mol. The van der Waals surface area contributed by atoms with Gasteiger partial charge in [-0.05, 0) is 35.9 Å². The van der Waals surface area contributed by atoms with E-state index in [-0.39, 0.29) is 6.15 Å². The number of halogens is 9. The van der Waals surface area contributed by atoms with Crippen LogP contribution in [-0.4, -0.2) is 54.4 Å². The highest BCUT2D eigenvalue weighted by Gasteiger charge is 2.39. The van der Waals surface area contributed by atoms with Crippen molar-refractivity contribution in [3.05, 3.63) is 66.5 Å². The summed E-state index contributed by atoms with van der Waals surface area (Å²) in [5.74, 6) is -4.72. The van der Waals surface area contributed by atoms with E-state index in [1.54, 1.807) is 18.2 Å². The second kappa shape index (κ2) is 12.8. The zero-order valence-corrected chi connectivity index (χ0v) is 20.8. The van der Waals surface area contributed by atoms with E-state index in [0.29, 0.717) is 33.9 Å². The van der Waals surface area contributed by atoms with Gasteiger partial charge in [-0.1, -0.05) is 18.2 Å². The third kappa shape index (κ3) is 8.89. The Hall–Kier alpha value is -5.20. The van der Waals surface area contributed by atoms with Crippen LogP contribution < -0.4 is 6.15 Å². The molecule has 0 aliphatic rings. The molecule has 0 atom stereocenters. The number of imidazole rings is 1. The molecule has 0 saturated heterocycles. The number of aromatic nitrogens is 4. The van der Waals surface area contributed by atoms with Gasteiger partial charge in [0.05, 0.1) is 16.6 Å². The van der Waals surface area contributed by atoms with Gasteiger partial charge in [0.1, 0.15) is 5.52 Å². The number of benzene rings is 2. The lowest BCUT2D eigenvalue weighted by Gasteiger charge is -2.08. The first-order valence-corrected chi connectivity index (χ1v) is 10.8. The first-order chi connectivity index (χ1) is 19.4. The van der Waals surface area contributed by atoms with Crippen LogP contribution >= 0.6 is 0 Å². The molecule has 43 heavy (non-hydrogen) atoms. The lowest BCUT2D eigenvalue weighted by molar-refractivity contribution is -0.193. The molecule has 6 N–H and O–H groups in total. The van der Waals surface area contributed by atoms with Crippen molar-refractivity contribution in [2.75, 3.05) is 0 Å². The molecule has 3 heterocycles. The summed E-state index contributed by atoms with van der Waals surface area (Å²) in [4.78, 5) is 33.5. The Morgan fingerprint density at radius 1 is 0.744 bits per heavy atom. The van der Waals surface area contributed by atoms with Crippen molar-refractivity contribution in [3.8, 4) is 22.8 Å². The number of fused-ring (bicyclic) bond motifs is 2. The smallest absolute Gasteiger partial charge is 0.475 e. The average molecular weight is 625 g/mol. The summed E-state index contributed by atoms with van der Waals surface area (Å²) in [5, 5.41) is 14.2. The molecule has 0 unspecified atom stereocenters. The van der Waals surface area contributed by atoms with Crippen molar-refractivity contribution < 1.29 is 63.7 Å². The van der Waals surface area contributed by atoms with Gasteiger partial charge in [-0.2, -0.15) is 39.5 Å². The second-order valence-corrected chi connectivity index (χ2v) is 7.87. The van der Waals surface area contributed by atoms with E-state index in [0.717, 1.165) is 23.3 Å². The zero-order valence-electron chi connectivity index (χ0n) is 20.8. The quantitative estimate of drug-likeness (QED) is 0.152. The zero-order chi connectivity index (χ0) is 31.5. The number of hydrogen-bond acceptors (Lipinski definition) is 7. The van der Waals surface area contributed by atoms with Crippen LogP contribution in [0.3, 0.4) is 0 Å². The van der Waals surface area contributed by atoms with Gasteiger partial charge in [0.2, 0.25) is 0 Å². The van der Waals surface area contributed by atoms with E-state index in [4.69, 9.17) is 24.2 Å². The standard InChI is InChI=1S/C20H11F3N4O.2C2HF3O2.H3N/c21-20(22,23)13-7-12(9-24-10-13)11-5-6-16-17(8-11)28-19(27-16)18-25-14-3-1-2-4-15(14)26-18;2*3-2(4,5)1(6)7;/h1-10H,(H,25,26);2*(H,6,7);1H3. The van der Waals surface area contributed by atoms with E-state index < -0.39 is 36.0 Å². The lowest BCUT2D eigenvalue weighted by atomic mass is 10.1. The molecule has 0 bridgehead atoms. The molecule has 0 fully saturated rings. The lowest BCUT2D eigenvalue weighted by Crippen LogP contribution is -2.21. The van der Waals surface area contributed by atoms with Gasteiger partial charge >= 0.3 is 30.5 Å². The highest BCUT2D eigenvalue weighted by molar-refractivity contribution is 5.83. The molecule has 5 aromatic rings. The minimum absolute atomic E-state index is 0. The molecule has 0 radical (unpaired) electrons. The highest BCUT2D eigenvalue weighted by Crippen LogP contribution is 2.33. The van der Waals surface area contributed by atoms with Gasteiger partial charge in [0.15, 0.2) is 11.4 Å². The Bertz CT molecular complexity index is 1670. The maximum atomic E-state index is 12.9. The van der Waals surface area contributed by atoms with E-state index in [9.17, 15) is 39.5 Å². The SMILES string of the molecule is FC(F)(F)c1cncc(-c2ccc3nc(-c4nc5ccccc5[nH]4)oc3c2)c1.N.O=C(O)C(F)(F)F.O=C(O)C(F)(F)F. The summed E-state index contributed by atoms with van der Waals surface area (Å²) >= 11 is 0. The maximum Gasteiger partial charge on any atom is 0.490 e. The number of aliphatic carboxylic acids is 2. The number of para-hydroxylation sites is 2. The number of aromatic amines is 1. The number of carbonyl (C=O) groups is 2. The predicted molar refractivity (Wildman–Crippen MR) is 130 cm³/mol. The number of rotatable bonds is 2. The van der Waals surface area contributed by atoms with Crippen molar-refractivity contribution in [1.82, 2.24) is 26.1 Å². The molecule has 0 spiro atoms. The molecule has 3 aromatic heterocycles.